The van der Waals surface area contributed by atoms with Gasteiger partial charge in [0.2, 0.25) is 0 Å². The summed E-state index contributed by atoms with van der Waals surface area (Å²) in [6.07, 6.45) is 1.38. The molecule has 1 fully saturated rings. The lowest BCUT2D eigenvalue weighted by Gasteiger charge is -2.36. The fourth-order valence-corrected chi connectivity index (χ4v) is 4.20. The molecule has 2 atom stereocenters. The maximum Gasteiger partial charge on any atom is 0.303 e. The molecule has 7 heteroatoms. The van der Waals surface area contributed by atoms with Crippen molar-refractivity contribution in [2.75, 3.05) is 26.7 Å². The van der Waals surface area contributed by atoms with Crippen molar-refractivity contribution < 1.29 is 18.3 Å². The Bertz CT molecular complexity index is 400. The van der Waals surface area contributed by atoms with Gasteiger partial charge >= 0.3 is 5.97 Å². The molecule has 0 spiro atoms. The van der Waals surface area contributed by atoms with Gasteiger partial charge in [-0.05, 0) is 24.7 Å². The number of carboxylic acid groups (broad SMARTS) is 1. The lowest BCUT2D eigenvalue weighted by Crippen LogP contribution is -2.48. The predicted octanol–water partition coefficient (Wildman–Crippen LogP) is 1.01. The van der Waals surface area contributed by atoms with Crippen LogP contribution >= 0.6 is 0 Å². The van der Waals surface area contributed by atoms with E-state index in [2.05, 4.69) is 13.8 Å². The van der Waals surface area contributed by atoms with Crippen LogP contribution in [0.15, 0.2) is 0 Å². The van der Waals surface area contributed by atoms with Gasteiger partial charge in [-0.15, -0.1) is 0 Å². The summed E-state index contributed by atoms with van der Waals surface area (Å²) in [5.74, 6) is -0.164. The van der Waals surface area contributed by atoms with Crippen molar-refractivity contribution in [2.24, 2.45) is 11.8 Å². The van der Waals surface area contributed by atoms with Gasteiger partial charge in [0.05, 0.1) is 0 Å². The smallest absolute Gasteiger partial charge is 0.303 e. The van der Waals surface area contributed by atoms with Gasteiger partial charge in [-0.1, -0.05) is 13.8 Å². The molecule has 0 radical (unpaired) electrons. The highest BCUT2D eigenvalue weighted by molar-refractivity contribution is 7.86. The van der Waals surface area contributed by atoms with Crippen molar-refractivity contribution in [3.05, 3.63) is 0 Å². The van der Waals surface area contributed by atoms with Gasteiger partial charge in [0.1, 0.15) is 0 Å². The summed E-state index contributed by atoms with van der Waals surface area (Å²) in [5, 5.41) is 8.57. The Balaban J connectivity index is 2.60. The first-order valence-corrected chi connectivity index (χ1v) is 8.06. The van der Waals surface area contributed by atoms with Gasteiger partial charge in [0, 0.05) is 33.1 Å². The monoisotopic (exact) mass is 292 g/mol. The Morgan fingerprint density at radius 3 is 2.32 bits per heavy atom. The zero-order valence-corrected chi connectivity index (χ0v) is 12.7. The molecule has 0 saturated carbocycles. The highest BCUT2D eigenvalue weighted by atomic mass is 32.2. The molecule has 0 aliphatic carbocycles. The summed E-state index contributed by atoms with van der Waals surface area (Å²) in [6, 6.07) is 0. The third-order valence-corrected chi connectivity index (χ3v) is 5.34. The molecule has 1 N–H and O–H groups in total. The highest BCUT2D eigenvalue weighted by Gasteiger charge is 2.32. The van der Waals surface area contributed by atoms with E-state index in [1.807, 2.05) is 0 Å². The van der Waals surface area contributed by atoms with Crippen molar-refractivity contribution in [2.45, 2.75) is 33.1 Å². The van der Waals surface area contributed by atoms with E-state index in [1.54, 1.807) is 0 Å². The number of carboxylic acids is 1. The summed E-state index contributed by atoms with van der Waals surface area (Å²) in [4.78, 5) is 10.4. The average molecular weight is 292 g/mol. The molecule has 0 amide bonds. The van der Waals surface area contributed by atoms with E-state index in [-0.39, 0.29) is 13.0 Å². The second kappa shape index (κ2) is 6.67. The van der Waals surface area contributed by atoms with Crippen molar-refractivity contribution in [1.29, 1.82) is 0 Å². The van der Waals surface area contributed by atoms with Crippen LogP contribution in [0.1, 0.15) is 33.1 Å². The first kappa shape index (κ1) is 16.4. The number of rotatable bonds is 6. The van der Waals surface area contributed by atoms with Crippen LogP contribution in [0.2, 0.25) is 0 Å². The molecule has 1 saturated heterocycles. The number of hydrogen-bond acceptors (Lipinski definition) is 3. The lowest BCUT2D eigenvalue weighted by molar-refractivity contribution is -0.137. The normalized spacial score (nSPS) is 25.7. The van der Waals surface area contributed by atoms with E-state index in [9.17, 15) is 13.2 Å². The predicted molar refractivity (Wildman–Crippen MR) is 72.9 cm³/mol. The Morgan fingerprint density at radius 1 is 1.32 bits per heavy atom. The molecular weight excluding hydrogens is 268 g/mol. The quantitative estimate of drug-likeness (QED) is 0.792. The maximum atomic E-state index is 12.4. The number of carbonyl (C=O) groups is 1. The minimum absolute atomic E-state index is 0.00728. The van der Waals surface area contributed by atoms with E-state index in [0.29, 0.717) is 31.3 Å². The van der Waals surface area contributed by atoms with Crippen LogP contribution in [-0.2, 0) is 15.0 Å². The molecule has 1 aliphatic heterocycles. The lowest BCUT2D eigenvalue weighted by atomic mass is 9.94. The van der Waals surface area contributed by atoms with Gasteiger partial charge in [0.25, 0.3) is 10.2 Å². The third kappa shape index (κ3) is 4.74. The van der Waals surface area contributed by atoms with Crippen LogP contribution in [0.25, 0.3) is 0 Å². The largest absolute Gasteiger partial charge is 0.481 e. The molecule has 2 unspecified atom stereocenters. The fourth-order valence-electron chi connectivity index (χ4n) is 2.56. The molecule has 6 nitrogen and oxygen atoms in total. The van der Waals surface area contributed by atoms with Crippen LogP contribution in [0, 0.1) is 11.8 Å². The topological polar surface area (TPSA) is 77.9 Å². The Kier molecular flexibility index (Phi) is 5.76. The molecule has 0 aromatic heterocycles. The highest BCUT2D eigenvalue weighted by Crippen LogP contribution is 2.24. The minimum atomic E-state index is -3.45. The van der Waals surface area contributed by atoms with Crippen molar-refractivity contribution in [3.63, 3.8) is 0 Å². The summed E-state index contributed by atoms with van der Waals surface area (Å²) >= 11 is 0. The molecule has 0 aromatic rings. The minimum Gasteiger partial charge on any atom is -0.481 e. The van der Waals surface area contributed by atoms with E-state index in [4.69, 9.17) is 5.11 Å². The second-order valence-electron chi connectivity index (χ2n) is 5.59. The van der Waals surface area contributed by atoms with Crippen molar-refractivity contribution >= 4 is 16.2 Å². The molecule has 19 heavy (non-hydrogen) atoms. The summed E-state index contributed by atoms with van der Waals surface area (Å²) in [7, 11) is -1.94. The SMILES string of the molecule is CC1CC(C)CN(S(=O)(=O)N(C)CCCC(=O)O)C1. The summed E-state index contributed by atoms with van der Waals surface area (Å²) < 4.78 is 27.5. The van der Waals surface area contributed by atoms with Crippen LogP contribution in [-0.4, -0.2) is 54.8 Å². The number of hydrogen-bond donors (Lipinski definition) is 1. The molecule has 0 bridgehead atoms. The zero-order valence-electron chi connectivity index (χ0n) is 11.9. The molecule has 0 aromatic carbocycles. The third-order valence-electron chi connectivity index (χ3n) is 3.42. The number of aliphatic carboxylic acids is 1. The Hall–Kier alpha value is -0.660. The van der Waals surface area contributed by atoms with Gasteiger partial charge in [0.15, 0.2) is 0 Å². The van der Waals surface area contributed by atoms with Gasteiger partial charge in [-0.3, -0.25) is 4.79 Å². The first-order valence-electron chi connectivity index (χ1n) is 6.66. The van der Waals surface area contributed by atoms with Gasteiger partial charge in [-0.25, -0.2) is 0 Å². The Morgan fingerprint density at radius 2 is 1.84 bits per heavy atom. The number of nitrogens with zero attached hydrogens (tertiary/aromatic N) is 2. The van der Waals surface area contributed by atoms with Crippen molar-refractivity contribution in [3.8, 4) is 0 Å². The molecular formula is C12H24N2O4S. The summed E-state index contributed by atoms with van der Waals surface area (Å²) in [5.41, 5.74) is 0. The fraction of sp³-hybridized carbons (Fsp3) is 0.917. The van der Waals surface area contributed by atoms with E-state index < -0.39 is 16.2 Å². The van der Waals surface area contributed by atoms with Crippen LogP contribution in [0.3, 0.4) is 0 Å². The first-order chi connectivity index (χ1) is 8.73. The Labute approximate surface area is 115 Å². The van der Waals surface area contributed by atoms with E-state index in [0.717, 1.165) is 6.42 Å². The van der Waals surface area contributed by atoms with Gasteiger partial charge < -0.3 is 5.11 Å². The molecule has 1 heterocycles. The van der Waals surface area contributed by atoms with Crippen molar-refractivity contribution in [1.82, 2.24) is 8.61 Å². The van der Waals surface area contributed by atoms with Crippen LogP contribution in [0.5, 0.6) is 0 Å². The molecule has 112 valence electrons. The zero-order chi connectivity index (χ0) is 14.6. The molecule has 1 rings (SSSR count). The van der Waals surface area contributed by atoms with Gasteiger partial charge in [-0.2, -0.15) is 17.0 Å². The summed E-state index contributed by atoms with van der Waals surface area (Å²) in [6.45, 7) is 5.46. The van der Waals surface area contributed by atoms with E-state index in [1.165, 1.54) is 15.7 Å². The number of piperidine rings is 1. The second-order valence-corrected chi connectivity index (χ2v) is 7.63. The average Bonchev–Trinajstić information content (AvgIpc) is 2.26. The maximum absolute atomic E-state index is 12.4. The van der Waals surface area contributed by atoms with E-state index >= 15 is 0 Å². The van der Waals surface area contributed by atoms with Crippen LogP contribution < -0.4 is 0 Å². The van der Waals surface area contributed by atoms with Crippen LogP contribution in [0.4, 0.5) is 0 Å². The molecule has 1 aliphatic rings. The standard InChI is InChI=1S/C12H24N2O4S/c1-10-7-11(2)9-14(8-10)19(17,18)13(3)6-4-5-12(15)16/h10-11H,4-9H2,1-3H3,(H,15,16).